The first-order valence-electron chi connectivity index (χ1n) is 6.76. The molecule has 0 aliphatic heterocycles. The number of halogens is 2. The minimum absolute atomic E-state index is 0.290. The van der Waals surface area contributed by atoms with Crippen molar-refractivity contribution in [1.82, 2.24) is 10.3 Å². The number of rotatable bonds is 8. The summed E-state index contributed by atoms with van der Waals surface area (Å²) in [7, 11) is 1.65. The van der Waals surface area contributed by atoms with E-state index in [4.69, 9.17) is 0 Å². The molecule has 1 aromatic heterocycles. The highest BCUT2D eigenvalue weighted by atomic mass is 19.3. The van der Waals surface area contributed by atoms with Gasteiger partial charge in [0.1, 0.15) is 5.82 Å². The molecule has 0 fully saturated rings. The molecule has 0 saturated carbocycles. The molecule has 5 heteroatoms. The second kappa shape index (κ2) is 8.04. The molecule has 108 valence electrons. The van der Waals surface area contributed by atoms with Crippen LogP contribution in [0.5, 0.6) is 0 Å². The number of pyridine rings is 1. The Balaban J connectivity index is 2.82. The largest absolute Gasteiger partial charge is 0.354 e. The first-order valence-corrected chi connectivity index (χ1v) is 6.76. The lowest BCUT2D eigenvalue weighted by Crippen LogP contribution is -2.25. The monoisotopic (exact) mass is 271 g/mol. The van der Waals surface area contributed by atoms with Crippen LogP contribution in [-0.4, -0.2) is 31.5 Å². The Bertz CT molecular complexity index is 383. The molecule has 19 heavy (non-hydrogen) atoms. The van der Waals surface area contributed by atoms with Crippen LogP contribution in [-0.2, 0) is 13.0 Å². The standard InChI is InChI=1S/C14H23F2N3/c1-4-6-17-9-11-7-12(5-2)18-14(8-11)19(3)10-13(15)16/h7-8,13,17H,4-6,9-10H2,1-3H3. The summed E-state index contributed by atoms with van der Waals surface area (Å²) in [5.74, 6) is 0.618. The number of nitrogens with one attached hydrogen (secondary N) is 1. The van der Waals surface area contributed by atoms with Crippen molar-refractivity contribution in [2.24, 2.45) is 0 Å². The minimum atomic E-state index is -2.35. The number of hydrogen-bond acceptors (Lipinski definition) is 3. The molecule has 1 aromatic rings. The fourth-order valence-corrected chi connectivity index (χ4v) is 1.82. The van der Waals surface area contributed by atoms with Gasteiger partial charge in [0.25, 0.3) is 6.43 Å². The summed E-state index contributed by atoms with van der Waals surface area (Å²) in [6.45, 7) is 5.54. The third-order valence-corrected chi connectivity index (χ3v) is 2.85. The summed E-state index contributed by atoms with van der Waals surface area (Å²) in [6, 6.07) is 3.91. The number of aromatic nitrogens is 1. The zero-order valence-corrected chi connectivity index (χ0v) is 11.9. The molecule has 0 spiro atoms. The number of nitrogens with zero attached hydrogens (tertiary/aromatic N) is 2. The molecule has 0 unspecified atom stereocenters. The van der Waals surface area contributed by atoms with Crippen LogP contribution in [0.15, 0.2) is 12.1 Å². The van der Waals surface area contributed by atoms with Crippen LogP contribution in [0, 0.1) is 0 Å². The maximum atomic E-state index is 12.4. The molecule has 3 nitrogen and oxygen atoms in total. The Hall–Kier alpha value is -1.23. The van der Waals surface area contributed by atoms with Gasteiger partial charge in [-0.1, -0.05) is 13.8 Å². The lowest BCUT2D eigenvalue weighted by molar-refractivity contribution is 0.156. The van der Waals surface area contributed by atoms with Crippen LogP contribution < -0.4 is 10.2 Å². The lowest BCUT2D eigenvalue weighted by atomic mass is 10.2. The number of hydrogen-bond donors (Lipinski definition) is 1. The quantitative estimate of drug-likeness (QED) is 0.737. The molecule has 1 rings (SSSR count). The Morgan fingerprint density at radius 1 is 1.32 bits per heavy atom. The van der Waals surface area contributed by atoms with Crippen LogP contribution in [0.3, 0.4) is 0 Å². The van der Waals surface area contributed by atoms with Gasteiger partial charge in [-0.15, -0.1) is 0 Å². The van der Waals surface area contributed by atoms with Crippen molar-refractivity contribution in [3.05, 3.63) is 23.4 Å². The van der Waals surface area contributed by atoms with Gasteiger partial charge in [-0.3, -0.25) is 0 Å². The number of aryl methyl sites for hydroxylation is 1. The lowest BCUT2D eigenvalue weighted by Gasteiger charge is -2.19. The third-order valence-electron chi connectivity index (χ3n) is 2.85. The first kappa shape index (κ1) is 15.8. The van der Waals surface area contributed by atoms with Gasteiger partial charge in [0.15, 0.2) is 0 Å². The Kier molecular flexibility index (Phi) is 6.70. The maximum Gasteiger partial charge on any atom is 0.255 e. The van der Waals surface area contributed by atoms with Gasteiger partial charge in [0, 0.05) is 19.3 Å². The van der Waals surface area contributed by atoms with Crippen LogP contribution in [0.2, 0.25) is 0 Å². The van der Waals surface area contributed by atoms with Gasteiger partial charge in [-0.25, -0.2) is 13.8 Å². The van der Waals surface area contributed by atoms with Gasteiger partial charge in [0.2, 0.25) is 0 Å². The summed E-state index contributed by atoms with van der Waals surface area (Å²) < 4.78 is 24.8. The highest BCUT2D eigenvalue weighted by Crippen LogP contribution is 2.15. The normalized spacial score (nSPS) is 11.1. The van der Waals surface area contributed by atoms with Crippen LogP contribution in [0.25, 0.3) is 0 Å². The summed E-state index contributed by atoms with van der Waals surface area (Å²) in [5, 5.41) is 3.32. The van der Waals surface area contributed by atoms with Crippen LogP contribution in [0.4, 0.5) is 14.6 Å². The van der Waals surface area contributed by atoms with Crippen molar-refractivity contribution in [2.45, 2.75) is 39.7 Å². The molecule has 0 amide bonds. The molecule has 0 aliphatic rings. The van der Waals surface area contributed by atoms with Crippen molar-refractivity contribution in [3.8, 4) is 0 Å². The van der Waals surface area contributed by atoms with E-state index in [0.29, 0.717) is 5.82 Å². The van der Waals surface area contributed by atoms with Gasteiger partial charge >= 0.3 is 0 Å². The molecule has 0 saturated heterocycles. The molecule has 0 atom stereocenters. The highest BCUT2D eigenvalue weighted by Gasteiger charge is 2.11. The van der Waals surface area contributed by atoms with E-state index in [9.17, 15) is 8.78 Å². The predicted octanol–water partition coefficient (Wildman–Crippen LogP) is 2.84. The van der Waals surface area contributed by atoms with E-state index in [1.165, 1.54) is 4.90 Å². The van der Waals surface area contributed by atoms with Crippen molar-refractivity contribution in [1.29, 1.82) is 0 Å². The van der Waals surface area contributed by atoms with Crippen molar-refractivity contribution >= 4 is 5.82 Å². The fourth-order valence-electron chi connectivity index (χ4n) is 1.82. The molecule has 0 aromatic carbocycles. The summed E-state index contributed by atoms with van der Waals surface area (Å²) >= 11 is 0. The average Bonchev–Trinajstić information content (AvgIpc) is 2.38. The van der Waals surface area contributed by atoms with Gasteiger partial charge in [0.05, 0.1) is 6.54 Å². The Morgan fingerprint density at radius 3 is 2.63 bits per heavy atom. The summed E-state index contributed by atoms with van der Waals surface area (Å²) in [6.07, 6.45) is -0.472. The topological polar surface area (TPSA) is 28.2 Å². The van der Waals surface area contributed by atoms with E-state index in [-0.39, 0.29) is 6.54 Å². The predicted molar refractivity (Wildman–Crippen MR) is 74.9 cm³/mol. The molecular weight excluding hydrogens is 248 g/mol. The zero-order valence-electron chi connectivity index (χ0n) is 11.9. The van der Waals surface area contributed by atoms with Gasteiger partial charge < -0.3 is 10.2 Å². The van der Waals surface area contributed by atoms with E-state index < -0.39 is 6.43 Å². The Morgan fingerprint density at radius 2 is 2.05 bits per heavy atom. The second-order valence-electron chi connectivity index (χ2n) is 4.63. The molecule has 1 N–H and O–H groups in total. The maximum absolute atomic E-state index is 12.4. The number of alkyl halides is 2. The molecular formula is C14H23F2N3. The zero-order chi connectivity index (χ0) is 14.3. The molecule has 0 bridgehead atoms. The van der Waals surface area contributed by atoms with Crippen molar-refractivity contribution < 1.29 is 8.78 Å². The van der Waals surface area contributed by atoms with Gasteiger partial charge in [-0.2, -0.15) is 0 Å². The first-order chi connectivity index (χ1) is 9.06. The van der Waals surface area contributed by atoms with Crippen molar-refractivity contribution in [2.75, 3.05) is 25.0 Å². The number of anilines is 1. The van der Waals surface area contributed by atoms with E-state index in [1.807, 2.05) is 19.1 Å². The fraction of sp³-hybridized carbons (Fsp3) is 0.643. The van der Waals surface area contributed by atoms with Crippen molar-refractivity contribution in [3.63, 3.8) is 0 Å². The Labute approximate surface area is 114 Å². The van der Waals surface area contributed by atoms with Crippen LogP contribution in [0.1, 0.15) is 31.5 Å². The third kappa shape index (κ3) is 5.51. The SMILES string of the molecule is CCCNCc1cc(CC)nc(N(C)CC(F)F)c1. The smallest absolute Gasteiger partial charge is 0.255 e. The van der Waals surface area contributed by atoms with E-state index in [2.05, 4.69) is 17.2 Å². The molecule has 0 aliphatic carbocycles. The van der Waals surface area contributed by atoms with E-state index in [1.54, 1.807) is 7.05 Å². The molecule has 0 radical (unpaired) electrons. The average molecular weight is 271 g/mol. The van der Waals surface area contributed by atoms with Crippen LogP contribution >= 0.6 is 0 Å². The van der Waals surface area contributed by atoms with E-state index >= 15 is 0 Å². The summed E-state index contributed by atoms with van der Waals surface area (Å²) in [4.78, 5) is 5.91. The van der Waals surface area contributed by atoms with E-state index in [0.717, 1.165) is 37.2 Å². The van der Waals surface area contributed by atoms with Gasteiger partial charge in [-0.05, 0) is 37.1 Å². The highest BCUT2D eigenvalue weighted by molar-refractivity contribution is 5.42. The summed E-state index contributed by atoms with van der Waals surface area (Å²) in [5.41, 5.74) is 2.03. The minimum Gasteiger partial charge on any atom is -0.354 e. The molecule has 1 heterocycles. The second-order valence-corrected chi connectivity index (χ2v) is 4.63.